The first kappa shape index (κ1) is 24.2. The fourth-order valence-electron chi connectivity index (χ4n) is 3.05. The second-order valence-corrected chi connectivity index (χ2v) is 8.88. The third-order valence-electron chi connectivity index (χ3n) is 5.08. The van der Waals surface area contributed by atoms with Gasteiger partial charge in [0.25, 0.3) is 0 Å². The summed E-state index contributed by atoms with van der Waals surface area (Å²) in [5.74, 6) is 0.717. The largest absolute Gasteiger partial charge is 0.357 e. The Balaban J connectivity index is 0.00000364. The summed E-state index contributed by atoms with van der Waals surface area (Å²) in [6.45, 7) is 6.43. The van der Waals surface area contributed by atoms with Crippen LogP contribution in [0.1, 0.15) is 45.1 Å². The van der Waals surface area contributed by atoms with Crippen molar-refractivity contribution in [2.24, 2.45) is 10.4 Å². The number of benzene rings is 1. The molecule has 0 bridgehead atoms. The molecule has 1 aromatic carbocycles. The molecule has 0 radical (unpaired) electrons. The average molecular weight is 508 g/mol. The molecule has 27 heavy (non-hydrogen) atoms. The molecule has 2 rings (SSSR count). The summed E-state index contributed by atoms with van der Waals surface area (Å²) in [5, 5.41) is 6.33. The first-order chi connectivity index (χ1) is 12.5. The molecule has 0 aromatic heterocycles. The topological polar surface area (TPSA) is 82.6 Å². The SMILES string of the molecule is CCNC(=NCC1(CC)CCC1)NCCS(=O)(=O)NCc1ccccc1.I. The second-order valence-electron chi connectivity index (χ2n) is 6.95. The number of rotatable bonds is 10. The van der Waals surface area contributed by atoms with Gasteiger partial charge in [-0.15, -0.1) is 24.0 Å². The van der Waals surface area contributed by atoms with E-state index in [0.717, 1.165) is 25.1 Å². The van der Waals surface area contributed by atoms with Crippen LogP contribution < -0.4 is 15.4 Å². The van der Waals surface area contributed by atoms with Gasteiger partial charge in [-0.3, -0.25) is 4.99 Å². The summed E-state index contributed by atoms with van der Waals surface area (Å²) in [5.41, 5.74) is 1.30. The van der Waals surface area contributed by atoms with Crippen molar-refractivity contribution in [3.05, 3.63) is 35.9 Å². The molecule has 6 nitrogen and oxygen atoms in total. The molecule has 1 saturated carbocycles. The van der Waals surface area contributed by atoms with Gasteiger partial charge in [0.15, 0.2) is 5.96 Å². The summed E-state index contributed by atoms with van der Waals surface area (Å²) >= 11 is 0. The van der Waals surface area contributed by atoms with Crippen molar-refractivity contribution in [3.8, 4) is 0 Å². The first-order valence-corrected chi connectivity index (χ1v) is 11.2. The third kappa shape index (κ3) is 8.35. The highest BCUT2D eigenvalue weighted by molar-refractivity contribution is 14.0. The van der Waals surface area contributed by atoms with Crippen molar-refractivity contribution in [2.45, 2.75) is 46.1 Å². The van der Waals surface area contributed by atoms with Gasteiger partial charge in [0.05, 0.1) is 5.75 Å². The zero-order chi connectivity index (χ0) is 18.9. The number of sulfonamides is 1. The van der Waals surface area contributed by atoms with E-state index in [9.17, 15) is 8.42 Å². The molecular weight excluding hydrogens is 475 g/mol. The summed E-state index contributed by atoms with van der Waals surface area (Å²) in [6.07, 6.45) is 4.92. The Labute approximate surface area is 181 Å². The van der Waals surface area contributed by atoms with Crippen LogP contribution >= 0.6 is 24.0 Å². The Morgan fingerprint density at radius 2 is 1.85 bits per heavy atom. The van der Waals surface area contributed by atoms with Crippen molar-refractivity contribution < 1.29 is 8.42 Å². The van der Waals surface area contributed by atoms with Crippen LogP contribution in [0.2, 0.25) is 0 Å². The summed E-state index contributed by atoms with van der Waals surface area (Å²) in [6, 6.07) is 9.52. The van der Waals surface area contributed by atoms with Gasteiger partial charge in [-0.05, 0) is 37.2 Å². The zero-order valence-corrected chi connectivity index (χ0v) is 19.5. The molecule has 0 aliphatic heterocycles. The average Bonchev–Trinajstić information content (AvgIpc) is 2.60. The van der Waals surface area contributed by atoms with Crippen LogP contribution in [0.15, 0.2) is 35.3 Å². The predicted molar refractivity (Wildman–Crippen MR) is 123 cm³/mol. The lowest BCUT2D eigenvalue weighted by Crippen LogP contribution is -2.42. The number of halogens is 1. The molecule has 1 aliphatic carbocycles. The number of aliphatic imine (C=N–C) groups is 1. The molecule has 0 unspecified atom stereocenters. The van der Waals surface area contributed by atoms with E-state index in [-0.39, 0.29) is 29.7 Å². The summed E-state index contributed by atoms with van der Waals surface area (Å²) in [7, 11) is -3.33. The van der Waals surface area contributed by atoms with Crippen LogP contribution in [0.3, 0.4) is 0 Å². The Bertz CT molecular complexity index is 671. The minimum atomic E-state index is -3.33. The van der Waals surface area contributed by atoms with E-state index >= 15 is 0 Å². The van der Waals surface area contributed by atoms with Gasteiger partial charge in [-0.25, -0.2) is 13.1 Å². The highest BCUT2D eigenvalue weighted by Gasteiger charge is 2.34. The van der Waals surface area contributed by atoms with Crippen molar-refractivity contribution in [3.63, 3.8) is 0 Å². The normalized spacial score (nSPS) is 16.1. The Morgan fingerprint density at radius 3 is 2.41 bits per heavy atom. The van der Waals surface area contributed by atoms with E-state index in [1.807, 2.05) is 37.3 Å². The van der Waals surface area contributed by atoms with Crippen molar-refractivity contribution in [1.29, 1.82) is 0 Å². The molecule has 0 saturated heterocycles. The number of nitrogens with one attached hydrogen (secondary N) is 3. The number of nitrogens with zero attached hydrogens (tertiary/aromatic N) is 1. The van der Waals surface area contributed by atoms with E-state index < -0.39 is 10.0 Å². The van der Waals surface area contributed by atoms with Crippen LogP contribution in [0, 0.1) is 5.41 Å². The molecule has 8 heteroatoms. The van der Waals surface area contributed by atoms with E-state index in [2.05, 4.69) is 27.3 Å². The van der Waals surface area contributed by atoms with E-state index in [0.29, 0.717) is 24.5 Å². The lowest BCUT2D eigenvalue weighted by Gasteiger charge is -2.40. The van der Waals surface area contributed by atoms with Crippen LogP contribution in [-0.4, -0.2) is 39.8 Å². The maximum absolute atomic E-state index is 12.2. The highest BCUT2D eigenvalue weighted by Crippen LogP contribution is 2.43. The number of hydrogen-bond donors (Lipinski definition) is 3. The highest BCUT2D eigenvalue weighted by atomic mass is 127. The molecule has 0 atom stereocenters. The second kappa shape index (κ2) is 11.9. The zero-order valence-electron chi connectivity index (χ0n) is 16.3. The Morgan fingerprint density at radius 1 is 1.15 bits per heavy atom. The first-order valence-electron chi connectivity index (χ1n) is 9.52. The van der Waals surface area contributed by atoms with E-state index in [1.54, 1.807) is 0 Å². The number of hydrogen-bond acceptors (Lipinski definition) is 3. The van der Waals surface area contributed by atoms with Gasteiger partial charge in [0, 0.05) is 26.2 Å². The summed E-state index contributed by atoms with van der Waals surface area (Å²) < 4.78 is 26.9. The minimum absolute atomic E-state index is 0. The van der Waals surface area contributed by atoms with Crippen LogP contribution in [-0.2, 0) is 16.6 Å². The van der Waals surface area contributed by atoms with Gasteiger partial charge in [0.2, 0.25) is 10.0 Å². The van der Waals surface area contributed by atoms with Gasteiger partial charge < -0.3 is 10.6 Å². The van der Waals surface area contributed by atoms with Crippen LogP contribution in [0.25, 0.3) is 0 Å². The molecule has 1 aromatic rings. The Kier molecular flexibility index (Phi) is 10.6. The molecule has 154 valence electrons. The van der Waals surface area contributed by atoms with Gasteiger partial charge >= 0.3 is 0 Å². The van der Waals surface area contributed by atoms with Gasteiger partial charge in [-0.1, -0.05) is 43.7 Å². The van der Waals surface area contributed by atoms with Crippen molar-refractivity contribution in [1.82, 2.24) is 15.4 Å². The van der Waals surface area contributed by atoms with Gasteiger partial charge in [0.1, 0.15) is 0 Å². The van der Waals surface area contributed by atoms with Crippen molar-refractivity contribution >= 4 is 40.0 Å². The van der Waals surface area contributed by atoms with Gasteiger partial charge in [-0.2, -0.15) is 0 Å². The molecule has 3 N–H and O–H groups in total. The molecule has 1 fully saturated rings. The molecular formula is C19H33IN4O2S. The molecule has 0 spiro atoms. The lowest BCUT2D eigenvalue weighted by molar-refractivity contribution is 0.139. The monoisotopic (exact) mass is 508 g/mol. The fraction of sp³-hybridized carbons (Fsp3) is 0.632. The fourth-order valence-corrected chi connectivity index (χ4v) is 3.96. The minimum Gasteiger partial charge on any atom is -0.357 e. The molecule has 1 aliphatic rings. The maximum Gasteiger partial charge on any atom is 0.213 e. The van der Waals surface area contributed by atoms with E-state index in [4.69, 9.17) is 0 Å². The summed E-state index contributed by atoms with van der Waals surface area (Å²) in [4.78, 5) is 4.67. The van der Waals surface area contributed by atoms with E-state index in [1.165, 1.54) is 19.3 Å². The molecule has 0 amide bonds. The van der Waals surface area contributed by atoms with Crippen LogP contribution in [0.4, 0.5) is 0 Å². The van der Waals surface area contributed by atoms with Crippen LogP contribution in [0.5, 0.6) is 0 Å². The molecule has 0 heterocycles. The third-order valence-corrected chi connectivity index (χ3v) is 6.41. The maximum atomic E-state index is 12.2. The lowest BCUT2D eigenvalue weighted by atomic mass is 9.67. The predicted octanol–water partition coefficient (Wildman–Crippen LogP) is 2.86. The smallest absolute Gasteiger partial charge is 0.213 e. The quantitative estimate of drug-likeness (QED) is 0.258. The Hall–Kier alpha value is -0.870. The van der Waals surface area contributed by atoms with Crippen molar-refractivity contribution in [2.75, 3.05) is 25.4 Å². The number of guanidine groups is 1. The standard InChI is InChI=1S/C19H32N4O2S.HI/c1-3-19(11-8-12-19)16-22-18(20-4-2)21-13-14-26(24,25)23-15-17-9-6-5-7-10-17;/h5-7,9-10,23H,3-4,8,11-16H2,1-2H3,(H2,20,21,22);1H.